The molecule has 5 nitrogen and oxygen atoms in total. The van der Waals surface area contributed by atoms with Gasteiger partial charge in [0.15, 0.2) is 0 Å². The molecule has 0 spiro atoms. The molecule has 4 rings (SSSR count). The Bertz CT molecular complexity index is 961. The summed E-state index contributed by atoms with van der Waals surface area (Å²) in [6, 6.07) is 14.9. The molecule has 0 aliphatic heterocycles. The summed E-state index contributed by atoms with van der Waals surface area (Å²) in [6.07, 6.45) is 3.52. The Labute approximate surface area is 136 Å². The predicted molar refractivity (Wildman–Crippen MR) is 90.7 cm³/mol. The van der Waals surface area contributed by atoms with Crippen molar-refractivity contribution < 1.29 is 4.79 Å². The number of fused-ring (bicyclic) bond motifs is 1. The molecule has 0 unspecified atom stereocenters. The summed E-state index contributed by atoms with van der Waals surface area (Å²) in [5.74, 6) is 1.01. The van der Waals surface area contributed by atoms with Crippen molar-refractivity contribution in [1.82, 2.24) is 14.4 Å². The minimum atomic E-state index is -0.172. The van der Waals surface area contributed by atoms with E-state index in [4.69, 9.17) is 0 Å². The van der Waals surface area contributed by atoms with Gasteiger partial charge in [0, 0.05) is 18.0 Å². The van der Waals surface area contributed by atoms with Gasteiger partial charge in [-0.05, 0) is 29.6 Å². The van der Waals surface area contributed by atoms with E-state index in [1.54, 1.807) is 34.1 Å². The molecule has 0 radical (unpaired) electrons. The van der Waals surface area contributed by atoms with Gasteiger partial charge in [-0.25, -0.2) is 9.97 Å². The number of nitrogens with one attached hydrogen (secondary N) is 1. The average Bonchev–Trinajstić information content (AvgIpc) is 3.24. The maximum Gasteiger partial charge on any atom is 0.256 e. The van der Waals surface area contributed by atoms with Crippen LogP contribution in [-0.2, 0) is 0 Å². The van der Waals surface area contributed by atoms with Crippen LogP contribution in [0.3, 0.4) is 0 Å². The summed E-state index contributed by atoms with van der Waals surface area (Å²) in [6.45, 7) is 0. The van der Waals surface area contributed by atoms with Gasteiger partial charge in [-0.1, -0.05) is 24.3 Å². The second kappa shape index (κ2) is 5.66. The van der Waals surface area contributed by atoms with E-state index in [2.05, 4.69) is 15.3 Å². The molecule has 1 N–H and O–H groups in total. The maximum absolute atomic E-state index is 12.5. The summed E-state index contributed by atoms with van der Waals surface area (Å²) in [5.41, 5.74) is 1.33. The molecule has 1 amide bonds. The molecular weight excluding hydrogens is 308 g/mol. The quantitative estimate of drug-likeness (QED) is 0.626. The molecule has 0 aliphatic carbocycles. The molecule has 0 saturated heterocycles. The summed E-state index contributed by atoms with van der Waals surface area (Å²) >= 11 is 1.57. The van der Waals surface area contributed by atoms with E-state index in [0.717, 1.165) is 10.6 Å². The molecule has 0 aliphatic rings. The van der Waals surface area contributed by atoms with E-state index >= 15 is 0 Å². The lowest BCUT2D eigenvalue weighted by molar-refractivity contribution is 0.102. The van der Waals surface area contributed by atoms with Gasteiger partial charge in [0.2, 0.25) is 5.78 Å². The van der Waals surface area contributed by atoms with Crippen LogP contribution < -0.4 is 5.32 Å². The molecule has 23 heavy (non-hydrogen) atoms. The molecule has 0 fully saturated rings. The standard InChI is InChI=1S/C17H12N4OS/c22-16(12-6-2-1-3-7-12)20-15-14(13-8-4-11-23-13)19-17-18-9-5-10-21(15)17/h1-11H,(H,20,22). The predicted octanol–water partition coefficient (Wildman–Crippen LogP) is 3.71. The number of aromatic nitrogens is 3. The number of hydrogen-bond donors (Lipinski definition) is 1. The Hall–Kier alpha value is -2.99. The molecule has 1 aromatic carbocycles. The number of nitrogens with zero attached hydrogens (tertiary/aromatic N) is 3. The number of carbonyl (C=O) groups excluding carboxylic acids is 1. The van der Waals surface area contributed by atoms with Gasteiger partial charge in [-0.15, -0.1) is 11.3 Å². The lowest BCUT2D eigenvalue weighted by atomic mass is 10.2. The van der Waals surface area contributed by atoms with Crippen LogP contribution in [0.25, 0.3) is 16.3 Å². The minimum Gasteiger partial charge on any atom is -0.306 e. The number of rotatable bonds is 3. The molecule has 112 valence electrons. The lowest BCUT2D eigenvalue weighted by Gasteiger charge is -2.06. The zero-order valence-electron chi connectivity index (χ0n) is 12.0. The van der Waals surface area contributed by atoms with Crippen LogP contribution >= 0.6 is 11.3 Å². The van der Waals surface area contributed by atoms with Crippen LogP contribution in [0.15, 0.2) is 66.3 Å². The van der Waals surface area contributed by atoms with Gasteiger partial charge in [0.1, 0.15) is 11.5 Å². The van der Waals surface area contributed by atoms with Crippen LogP contribution in [0.5, 0.6) is 0 Å². The van der Waals surface area contributed by atoms with Crippen molar-refractivity contribution in [2.24, 2.45) is 0 Å². The first kappa shape index (κ1) is 13.7. The third kappa shape index (κ3) is 2.49. The largest absolute Gasteiger partial charge is 0.306 e. The normalized spacial score (nSPS) is 10.8. The number of benzene rings is 1. The highest BCUT2D eigenvalue weighted by Gasteiger charge is 2.18. The van der Waals surface area contributed by atoms with Crippen molar-refractivity contribution >= 4 is 28.8 Å². The third-order valence-electron chi connectivity index (χ3n) is 3.43. The van der Waals surface area contributed by atoms with Gasteiger partial charge >= 0.3 is 0 Å². The van der Waals surface area contributed by atoms with Crippen LogP contribution in [0.1, 0.15) is 10.4 Å². The third-order valence-corrected chi connectivity index (χ3v) is 4.30. The molecule has 0 atom stereocenters. The molecule has 3 heterocycles. The van der Waals surface area contributed by atoms with Gasteiger partial charge in [-0.3, -0.25) is 9.20 Å². The van der Waals surface area contributed by atoms with Crippen LogP contribution in [0, 0.1) is 0 Å². The monoisotopic (exact) mass is 320 g/mol. The van der Waals surface area contributed by atoms with E-state index in [1.807, 2.05) is 48.0 Å². The Morgan fingerprint density at radius 2 is 1.96 bits per heavy atom. The van der Waals surface area contributed by atoms with Crippen molar-refractivity contribution in [1.29, 1.82) is 0 Å². The first-order valence-electron chi connectivity index (χ1n) is 7.06. The Morgan fingerprint density at radius 1 is 1.09 bits per heavy atom. The number of thiophene rings is 1. The Morgan fingerprint density at radius 3 is 2.74 bits per heavy atom. The van der Waals surface area contributed by atoms with Gasteiger partial charge in [0.25, 0.3) is 5.91 Å². The van der Waals surface area contributed by atoms with E-state index in [1.165, 1.54) is 0 Å². The van der Waals surface area contributed by atoms with Crippen molar-refractivity contribution in [3.63, 3.8) is 0 Å². The molecule has 0 saturated carbocycles. The Kier molecular flexibility index (Phi) is 3.36. The number of anilines is 1. The fourth-order valence-corrected chi connectivity index (χ4v) is 3.08. The highest BCUT2D eigenvalue weighted by Crippen LogP contribution is 2.31. The van der Waals surface area contributed by atoms with Crippen LogP contribution in [0.4, 0.5) is 5.82 Å². The van der Waals surface area contributed by atoms with Crippen molar-refractivity contribution in [3.8, 4) is 10.6 Å². The fraction of sp³-hybridized carbons (Fsp3) is 0. The summed E-state index contributed by atoms with van der Waals surface area (Å²) in [4.78, 5) is 22.3. The topological polar surface area (TPSA) is 59.3 Å². The summed E-state index contributed by atoms with van der Waals surface area (Å²) in [7, 11) is 0. The van der Waals surface area contributed by atoms with E-state index < -0.39 is 0 Å². The molecule has 4 aromatic rings. The van der Waals surface area contributed by atoms with Crippen molar-refractivity contribution in [2.45, 2.75) is 0 Å². The molecular formula is C17H12N4OS. The Balaban J connectivity index is 1.82. The number of imidazole rings is 1. The smallest absolute Gasteiger partial charge is 0.256 e. The number of amides is 1. The van der Waals surface area contributed by atoms with Gasteiger partial charge in [-0.2, -0.15) is 0 Å². The van der Waals surface area contributed by atoms with E-state index in [9.17, 15) is 4.79 Å². The van der Waals surface area contributed by atoms with Crippen LogP contribution in [-0.4, -0.2) is 20.3 Å². The average molecular weight is 320 g/mol. The van der Waals surface area contributed by atoms with Crippen molar-refractivity contribution in [2.75, 3.05) is 5.32 Å². The van der Waals surface area contributed by atoms with E-state index in [-0.39, 0.29) is 5.91 Å². The fourth-order valence-electron chi connectivity index (χ4n) is 2.36. The minimum absolute atomic E-state index is 0.172. The number of carbonyl (C=O) groups is 1. The van der Waals surface area contributed by atoms with Gasteiger partial charge < -0.3 is 5.32 Å². The highest BCUT2D eigenvalue weighted by molar-refractivity contribution is 7.13. The first-order chi connectivity index (χ1) is 11.3. The molecule has 0 bridgehead atoms. The maximum atomic E-state index is 12.5. The zero-order valence-corrected chi connectivity index (χ0v) is 12.8. The van der Waals surface area contributed by atoms with E-state index in [0.29, 0.717) is 17.2 Å². The molecule has 3 aromatic heterocycles. The zero-order chi connectivity index (χ0) is 15.6. The highest BCUT2D eigenvalue weighted by atomic mass is 32.1. The SMILES string of the molecule is O=C(Nc1c(-c2cccs2)nc2ncccn12)c1ccccc1. The lowest BCUT2D eigenvalue weighted by Crippen LogP contribution is -2.13. The van der Waals surface area contributed by atoms with Gasteiger partial charge in [0.05, 0.1) is 4.88 Å². The summed E-state index contributed by atoms with van der Waals surface area (Å²) < 4.78 is 1.79. The summed E-state index contributed by atoms with van der Waals surface area (Å²) in [5, 5.41) is 4.95. The second-order valence-electron chi connectivity index (χ2n) is 4.90. The number of hydrogen-bond acceptors (Lipinski definition) is 4. The second-order valence-corrected chi connectivity index (χ2v) is 5.84. The molecule has 6 heteroatoms. The van der Waals surface area contributed by atoms with Crippen molar-refractivity contribution in [3.05, 3.63) is 71.9 Å². The first-order valence-corrected chi connectivity index (χ1v) is 7.94. The van der Waals surface area contributed by atoms with Crippen LogP contribution in [0.2, 0.25) is 0 Å².